The number of nitrogens with two attached hydrogens (primary N) is 1. The lowest BCUT2D eigenvalue weighted by atomic mass is 9.96. The van der Waals surface area contributed by atoms with Crippen molar-refractivity contribution < 1.29 is 0 Å². The van der Waals surface area contributed by atoms with Gasteiger partial charge in [0.05, 0.1) is 0 Å². The van der Waals surface area contributed by atoms with Gasteiger partial charge in [-0.1, -0.05) is 68.4 Å². The summed E-state index contributed by atoms with van der Waals surface area (Å²) < 4.78 is 0. The molecule has 0 aliphatic rings. The van der Waals surface area contributed by atoms with Gasteiger partial charge in [0.1, 0.15) is 0 Å². The van der Waals surface area contributed by atoms with E-state index in [0.717, 1.165) is 12.8 Å². The molecule has 0 radical (unpaired) electrons. The maximum Gasteiger partial charge on any atom is 0.0335 e. The van der Waals surface area contributed by atoms with E-state index in [2.05, 4.69) is 62.4 Å². The second-order valence-corrected chi connectivity index (χ2v) is 5.64. The van der Waals surface area contributed by atoms with E-state index in [0.29, 0.717) is 5.92 Å². The quantitative estimate of drug-likeness (QED) is 0.852. The Hall–Kier alpha value is -1.60. The Morgan fingerprint density at radius 3 is 1.95 bits per heavy atom. The van der Waals surface area contributed by atoms with Crippen molar-refractivity contribution >= 4 is 0 Å². The molecule has 0 saturated carbocycles. The SMILES string of the molecule is CC(C)Cc1ccc(C(N)Cc2ccccc2)cc1. The summed E-state index contributed by atoms with van der Waals surface area (Å²) in [7, 11) is 0. The van der Waals surface area contributed by atoms with Crippen LogP contribution >= 0.6 is 0 Å². The molecule has 2 N–H and O–H groups in total. The second kappa shape index (κ2) is 6.53. The minimum atomic E-state index is 0.0792. The molecular formula is C18H23N. The largest absolute Gasteiger partial charge is 0.324 e. The molecule has 0 aliphatic heterocycles. The molecule has 1 unspecified atom stereocenters. The Labute approximate surface area is 116 Å². The molecule has 0 heterocycles. The molecule has 0 aliphatic carbocycles. The Balaban J connectivity index is 2.01. The van der Waals surface area contributed by atoms with E-state index in [1.807, 2.05) is 6.07 Å². The van der Waals surface area contributed by atoms with Gasteiger partial charge in [0.15, 0.2) is 0 Å². The maximum atomic E-state index is 6.28. The summed E-state index contributed by atoms with van der Waals surface area (Å²) in [6.07, 6.45) is 2.03. The zero-order valence-electron chi connectivity index (χ0n) is 11.8. The van der Waals surface area contributed by atoms with Crippen LogP contribution in [-0.2, 0) is 12.8 Å². The predicted octanol–water partition coefficient (Wildman–Crippen LogP) is 4.13. The van der Waals surface area contributed by atoms with Crippen LogP contribution in [0.4, 0.5) is 0 Å². The van der Waals surface area contributed by atoms with Crippen LogP contribution < -0.4 is 5.73 Å². The van der Waals surface area contributed by atoms with E-state index in [-0.39, 0.29) is 6.04 Å². The molecule has 0 fully saturated rings. The van der Waals surface area contributed by atoms with Crippen LogP contribution in [-0.4, -0.2) is 0 Å². The summed E-state index contributed by atoms with van der Waals surface area (Å²) in [5.74, 6) is 0.698. The average Bonchev–Trinajstić information content (AvgIpc) is 2.40. The monoisotopic (exact) mass is 253 g/mol. The van der Waals surface area contributed by atoms with Crippen LogP contribution in [0.15, 0.2) is 54.6 Å². The average molecular weight is 253 g/mol. The van der Waals surface area contributed by atoms with E-state index in [1.54, 1.807) is 0 Å². The third kappa shape index (κ3) is 4.22. The summed E-state index contributed by atoms with van der Waals surface area (Å²) in [4.78, 5) is 0. The summed E-state index contributed by atoms with van der Waals surface area (Å²) in [6.45, 7) is 4.49. The van der Waals surface area contributed by atoms with Gasteiger partial charge in [0, 0.05) is 6.04 Å². The zero-order chi connectivity index (χ0) is 13.7. The van der Waals surface area contributed by atoms with Gasteiger partial charge in [-0.3, -0.25) is 0 Å². The van der Waals surface area contributed by atoms with Crippen molar-refractivity contribution in [3.63, 3.8) is 0 Å². The van der Waals surface area contributed by atoms with E-state index in [1.165, 1.54) is 16.7 Å². The first-order chi connectivity index (χ1) is 9.15. The minimum Gasteiger partial charge on any atom is -0.324 e. The lowest BCUT2D eigenvalue weighted by Crippen LogP contribution is -2.13. The third-order valence-corrected chi connectivity index (χ3v) is 3.35. The Morgan fingerprint density at radius 2 is 1.37 bits per heavy atom. The van der Waals surface area contributed by atoms with Gasteiger partial charge in [-0.05, 0) is 35.4 Å². The fourth-order valence-corrected chi connectivity index (χ4v) is 2.36. The van der Waals surface area contributed by atoms with Crippen molar-refractivity contribution in [1.29, 1.82) is 0 Å². The smallest absolute Gasteiger partial charge is 0.0335 e. The van der Waals surface area contributed by atoms with Gasteiger partial charge in [-0.25, -0.2) is 0 Å². The Kier molecular flexibility index (Phi) is 4.75. The molecule has 1 atom stereocenters. The van der Waals surface area contributed by atoms with E-state index < -0.39 is 0 Å². The molecule has 100 valence electrons. The molecule has 19 heavy (non-hydrogen) atoms. The van der Waals surface area contributed by atoms with Crippen molar-refractivity contribution in [3.8, 4) is 0 Å². The Morgan fingerprint density at radius 1 is 0.789 bits per heavy atom. The molecule has 1 nitrogen and oxygen atoms in total. The molecule has 0 saturated heterocycles. The van der Waals surface area contributed by atoms with Gasteiger partial charge >= 0.3 is 0 Å². The highest BCUT2D eigenvalue weighted by Gasteiger charge is 2.07. The van der Waals surface area contributed by atoms with Crippen LogP contribution in [0.25, 0.3) is 0 Å². The highest BCUT2D eigenvalue weighted by atomic mass is 14.6. The van der Waals surface area contributed by atoms with Crippen LogP contribution in [0.2, 0.25) is 0 Å². The summed E-state index contributed by atoms with van der Waals surface area (Å²) in [6, 6.07) is 19.3. The first-order valence-electron chi connectivity index (χ1n) is 7.03. The first-order valence-corrected chi connectivity index (χ1v) is 7.03. The lowest BCUT2D eigenvalue weighted by Gasteiger charge is -2.13. The van der Waals surface area contributed by atoms with E-state index >= 15 is 0 Å². The number of hydrogen-bond acceptors (Lipinski definition) is 1. The molecule has 2 rings (SSSR count). The molecule has 0 bridgehead atoms. The second-order valence-electron chi connectivity index (χ2n) is 5.64. The van der Waals surface area contributed by atoms with Crippen LogP contribution in [0, 0.1) is 5.92 Å². The highest BCUT2D eigenvalue weighted by Crippen LogP contribution is 2.18. The van der Waals surface area contributed by atoms with E-state index in [4.69, 9.17) is 5.73 Å². The molecule has 2 aromatic rings. The fraction of sp³-hybridized carbons (Fsp3) is 0.333. The topological polar surface area (TPSA) is 26.0 Å². The van der Waals surface area contributed by atoms with Gasteiger partial charge in [-0.2, -0.15) is 0 Å². The normalized spacial score (nSPS) is 12.6. The van der Waals surface area contributed by atoms with Crippen molar-refractivity contribution in [2.75, 3.05) is 0 Å². The van der Waals surface area contributed by atoms with Crippen molar-refractivity contribution in [1.82, 2.24) is 0 Å². The van der Waals surface area contributed by atoms with Crippen molar-refractivity contribution in [2.45, 2.75) is 32.7 Å². The van der Waals surface area contributed by atoms with Gasteiger partial charge in [-0.15, -0.1) is 0 Å². The van der Waals surface area contributed by atoms with Crippen LogP contribution in [0.5, 0.6) is 0 Å². The molecule has 0 aromatic heterocycles. The standard InChI is InChI=1S/C18H23N/c1-14(2)12-16-8-10-17(11-9-16)18(19)13-15-6-4-3-5-7-15/h3-11,14,18H,12-13,19H2,1-2H3. The molecule has 0 amide bonds. The zero-order valence-corrected chi connectivity index (χ0v) is 11.8. The molecule has 2 aromatic carbocycles. The van der Waals surface area contributed by atoms with Crippen molar-refractivity contribution in [2.24, 2.45) is 11.7 Å². The number of benzene rings is 2. The van der Waals surface area contributed by atoms with Crippen LogP contribution in [0.1, 0.15) is 36.6 Å². The third-order valence-electron chi connectivity index (χ3n) is 3.35. The first kappa shape index (κ1) is 13.8. The minimum absolute atomic E-state index is 0.0792. The van der Waals surface area contributed by atoms with Crippen LogP contribution in [0.3, 0.4) is 0 Å². The summed E-state index contributed by atoms with van der Waals surface area (Å²) >= 11 is 0. The van der Waals surface area contributed by atoms with Gasteiger partial charge in [0.25, 0.3) is 0 Å². The van der Waals surface area contributed by atoms with E-state index in [9.17, 15) is 0 Å². The fourth-order valence-electron chi connectivity index (χ4n) is 2.36. The maximum absolute atomic E-state index is 6.28. The molecular weight excluding hydrogens is 230 g/mol. The van der Waals surface area contributed by atoms with Gasteiger partial charge in [0.2, 0.25) is 0 Å². The predicted molar refractivity (Wildman–Crippen MR) is 82.1 cm³/mol. The molecule has 0 spiro atoms. The summed E-state index contributed by atoms with van der Waals surface area (Å²) in [5, 5.41) is 0. The number of hydrogen-bond donors (Lipinski definition) is 1. The van der Waals surface area contributed by atoms with Gasteiger partial charge < -0.3 is 5.73 Å². The molecule has 1 heteroatoms. The Bertz CT molecular complexity index is 485. The lowest BCUT2D eigenvalue weighted by molar-refractivity contribution is 0.646. The van der Waals surface area contributed by atoms with Crippen molar-refractivity contribution in [3.05, 3.63) is 71.3 Å². The summed E-state index contributed by atoms with van der Waals surface area (Å²) in [5.41, 5.74) is 10.2. The number of rotatable bonds is 5. The highest BCUT2D eigenvalue weighted by molar-refractivity contribution is 5.27.